The first-order valence-corrected chi connectivity index (χ1v) is 9.65. The van der Waals surface area contributed by atoms with Gasteiger partial charge in [-0.25, -0.2) is 8.78 Å². The number of nitrogens with zero attached hydrogens (tertiary/aromatic N) is 2. The molecule has 29 heavy (non-hydrogen) atoms. The molecule has 0 fully saturated rings. The molecule has 4 nitrogen and oxygen atoms in total. The van der Waals surface area contributed by atoms with Gasteiger partial charge >= 0.3 is 0 Å². The number of hydrogen-bond donors (Lipinski definition) is 0. The van der Waals surface area contributed by atoms with Crippen LogP contribution in [0.15, 0.2) is 54.7 Å². The van der Waals surface area contributed by atoms with Crippen LogP contribution in [0.5, 0.6) is 11.5 Å². The van der Waals surface area contributed by atoms with Crippen molar-refractivity contribution in [1.29, 1.82) is 0 Å². The third-order valence-corrected chi connectivity index (χ3v) is 5.45. The summed E-state index contributed by atoms with van der Waals surface area (Å²) in [6.07, 6.45) is 3.01. The van der Waals surface area contributed by atoms with Crippen molar-refractivity contribution < 1.29 is 18.3 Å². The van der Waals surface area contributed by atoms with E-state index in [0.29, 0.717) is 18.0 Å². The van der Waals surface area contributed by atoms with Crippen molar-refractivity contribution in [3.05, 3.63) is 83.2 Å². The van der Waals surface area contributed by atoms with Crippen LogP contribution in [-0.2, 0) is 13.1 Å². The molecule has 1 aromatic heterocycles. The minimum Gasteiger partial charge on any atom is -0.493 e. The lowest BCUT2D eigenvalue weighted by Crippen LogP contribution is -2.29. The predicted octanol–water partition coefficient (Wildman–Crippen LogP) is 4.78. The fraction of sp³-hybridized carbons (Fsp3) is 0.304. The highest BCUT2D eigenvalue weighted by molar-refractivity contribution is 5.43. The molecule has 0 spiro atoms. The fourth-order valence-corrected chi connectivity index (χ4v) is 4.09. The summed E-state index contributed by atoms with van der Waals surface area (Å²) in [6, 6.07) is 13.9. The minimum absolute atomic E-state index is 0.171. The third kappa shape index (κ3) is 3.85. The quantitative estimate of drug-likeness (QED) is 0.619. The maximum absolute atomic E-state index is 14.0. The molecule has 1 atom stereocenters. The molecule has 1 aliphatic rings. The smallest absolute Gasteiger partial charge is 0.161 e. The Morgan fingerprint density at radius 1 is 0.931 bits per heavy atom. The van der Waals surface area contributed by atoms with E-state index in [4.69, 9.17) is 9.47 Å². The normalized spacial score (nSPS) is 16.9. The fourth-order valence-electron chi connectivity index (χ4n) is 4.09. The highest BCUT2D eigenvalue weighted by Gasteiger charge is 2.28. The van der Waals surface area contributed by atoms with Gasteiger partial charge in [0, 0.05) is 31.5 Å². The number of rotatable bonds is 5. The Balaban J connectivity index is 1.73. The van der Waals surface area contributed by atoms with Gasteiger partial charge in [0.1, 0.15) is 0 Å². The molecule has 0 aliphatic carbocycles. The first kappa shape index (κ1) is 19.5. The summed E-state index contributed by atoms with van der Waals surface area (Å²) >= 11 is 0. The van der Waals surface area contributed by atoms with Gasteiger partial charge in [-0.1, -0.05) is 12.1 Å². The first-order chi connectivity index (χ1) is 14.1. The van der Waals surface area contributed by atoms with Gasteiger partial charge in [-0.3, -0.25) is 4.90 Å². The molecule has 4 rings (SSSR count). The molecule has 0 saturated heterocycles. The van der Waals surface area contributed by atoms with E-state index in [1.807, 2.05) is 30.5 Å². The number of aryl methyl sites for hydroxylation is 1. The van der Waals surface area contributed by atoms with Gasteiger partial charge in [0.05, 0.1) is 20.3 Å². The molecule has 0 bridgehead atoms. The molecule has 0 amide bonds. The lowest BCUT2D eigenvalue weighted by molar-refractivity contribution is 0.219. The third-order valence-electron chi connectivity index (χ3n) is 5.45. The van der Waals surface area contributed by atoms with Crippen molar-refractivity contribution >= 4 is 0 Å². The predicted molar refractivity (Wildman–Crippen MR) is 107 cm³/mol. The summed E-state index contributed by atoms with van der Waals surface area (Å²) in [5.41, 5.74) is 2.88. The average molecular weight is 398 g/mol. The van der Waals surface area contributed by atoms with E-state index in [1.165, 1.54) is 12.1 Å². The zero-order valence-electron chi connectivity index (χ0n) is 16.6. The Morgan fingerprint density at radius 3 is 2.52 bits per heavy atom. The van der Waals surface area contributed by atoms with E-state index in [9.17, 15) is 8.78 Å². The summed E-state index contributed by atoms with van der Waals surface area (Å²) in [5.74, 6) is -0.300. The van der Waals surface area contributed by atoms with Gasteiger partial charge in [0.2, 0.25) is 0 Å². The summed E-state index contributed by atoms with van der Waals surface area (Å²) in [7, 11) is 3.23. The number of aromatic nitrogens is 1. The summed E-state index contributed by atoms with van der Waals surface area (Å²) < 4.78 is 40.6. The maximum Gasteiger partial charge on any atom is 0.161 e. The molecule has 0 N–H and O–H groups in total. The van der Waals surface area contributed by atoms with Gasteiger partial charge in [-0.15, -0.1) is 0 Å². The van der Waals surface area contributed by atoms with Crippen LogP contribution in [0.25, 0.3) is 0 Å². The van der Waals surface area contributed by atoms with E-state index in [1.54, 1.807) is 20.3 Å². The van der Waals surface area contributed by atoms with Crippen LogP contribution in [-0.4, -0.2) is 30.2 Å². The van der Waals surface area contributed by atoms with Crippen LogP contribution in [0.2, 0.25) is 0 Å². The lowest BCUT2D eigenvalue weighted by Gasteiger charge is -2.31. The Labute approximate surface area is 169 Å². The first-order valence-electron chi connectivity index (χ1n) is 9.65. The number of methoxy groups -OCH3 is 2. The van der Waals surface area contributed by atoms with E-state index in [0.717, 1.165) is 36.3 Å². The van der Waals surface area contributed by atoms with Gasteiger partial charge in [-0.2, -0.15) is 0 Å². The highest BCUT2D eigenvalue weighted by atomic mass is 19.2. The van der Waals surface area contributed by atoms with Crippen LogP contribution in [0.1, 0.15) is 29.3 Å². The monoisotopic (exact) mass is 398 g/mol. The Kier molecular flexibility index (Phi) is 5.53. The SMILES string of the molecule is COc1ccc(CN2CCCn3cccc3C2c2ccc(F)c(F)c2)cc1OC. The largest absolute Gasteiger partial charge is 0.493 e. The van der Waals surface area contributed by atoms with Crippen molar-refractivity contribution in [1.82, 2.24) is 9.47 Å². The number of halogens is 2. The van der Waals surface area contributed by atoms with Crippen LogP contribution in [0.4, 0.5) is 8.78 Å². The van der Waals surface area contributed by atoms with Gasteiger partial charge in [0.25, 0.3) is 0 Å². The zero-order chi connectivity index (χ0) is 20.4. The van der Waals surface area contributed by atoms with Crippen molar-refractivity contribution in [3.63, 3.8) is 0 Å². The van der Waals surface area contributed by atoms with Crippen LogP contribution in [0, 0.1) is 11.6 Å². The van der Waals surface area contributed by atoms with E-state index < -0.39 is 11.6 Å². The molecular weight excluding hydrogens is 374 g/mol. The molecule has 3 aromatic rings. The van der Waals surface area contributed by atoms with Gasteiger partial charge < -0.3 is 14.0 Å². The van der Waals surface area contributed by atoms with Crippen LogP contribution in [0.3, 0.4) is 0 Å². The molecule has 152 valence electrons. The number of ether oxygens (including phenoxy) is 2. The van der Waals surface area contributed by atoms with Crippen LogP contribution >= 0.6 is 0 Å². The molecular formula is C23H24F2N2O2. The molecule has 0 saturated carbocycles. The van der Waals surface area contributed by atoms with E-state index in [-0.39, 0.29) is 6.04 Å². The topological polar surface area (TPSA) is 26.6 Å². The Bertz CT molecular complexity index is 1000. The number of hydrogen-bond acceptors (Lipinski definition) is 3. The standard InChI is InChI=1S/C23H24F2N2O2/c1-28-21-9-6-16(13-22(21)29-2)15-27-12-4-11-26-10-3-5-20(26)23(27)17-7-8-18(24)19(25)14-17/h3,5-10,13-14,23H,4,11-12,15H2,1-2H3. The summed E-state index contributed by atoms with van der Waals surface area (Å²) in [5, 5.41) is 0. The summed E-state index contributed by atoms with van der Waals surface area (Å²) in [6.45, 7) is 2.37. The lowest BCUT2D eigenvalue weighted by atomic mass is 10.0. The molecule has 2 aromatic carbocycles. The zero-order valence-corrected chi connectivity index (χ0v) is 16.6. The van der Waals surface area contributed by atoms with Crippen molar-refractivity contribution in [2.75, 3.05) is 20.8 Å². The second-order valence-electron chi connectivity index (χ2n) is 7.22. The van der Waals surface area contributed by atoms with Gasteiger partial charge in [-0.05, 0) is 53.9 Å². The Morgan fingerprint density at radius 2 is 1.76 bits per heavy atom. The van der Waals surface area contributed by atoms with Crippen molar-refractivity contribution in [2.45, 2.75) is 25.6 Å². The molecule has 1 unspecified atom stereocenters. The second kappa shape index (κ2) is 8.25. The van der Waals surface area contributed by atoms with Crippen molar-refractivity contribution in [2.24, 2.45) is 0 Å². The molecule has 2 heterocycles. The van der Waals surface area contributed by atoms with E-state index in [2.05, 4.69) is 15.5 Å². The van der Waals surface area contributed by atoms with E-state index >= 15 is 0 Å². The van der Waals surface area contributed by atoms with Gasteiger partial charge in [0.15, 0.2) is 23.1 Å². The Hall–Kier alpha value is -2.86. The average Bonchev–Trinajstić information content (AvgIpc) is 3.11. The summed E-state index contributed by atoms with van der Waals surface area (Å²) in [4.78, 5) is 2.30. The number of fused-ring (bicyclic) bond motifs is 1. The molecule has 6 heteroatoms. The van der Waals surface area contributed by atoms with Crippen molar-refractivity contribution in [3.8, 4) is 11.5 Å². The van der Waals surface area contributed by atoms with Crippen LogP contribution < -0.4 is 9.47 Å². The maximum atomic E-state index is 14.0. The number of benzene rings is 2. The minimum atomic E-state index is -0.829. The highest BCUT2D eigenvalue weighted by Crippen LogP contribution is 2.35. The molecule has 0 radical (unpaired) electrons. The second-order valence-corrected chi connectivity index (χ2v) is 7.22. The molecule has 1 aliphatic heterocycles.